The summed E-state index contributed by atoms with van der Waals surface area (Å²) in [7, 11) is -2.62. The van der Waals surface area contributed by atoms with Crippen LogP contribution in [0.5, 0.6) is 0 Å². The minimum atomic E-state index is -4.11. The van der Waals surface area contributed by atoms with Crippen molar-refractivity contribution in [1.82, 2.24) is 10.2 Å². The lowest BCUT2D eigenvalue weighted by Crippen LogP contribution is -2.50. The van der Waals surface area contributed by atoms with Gasteiger partial charge in [-0.3, -0.25) is 13.9 Å². The van der Waals surface area contributed by atoms with Gasteiger partial charge in [-0.25, -0.2) is 8.42 Å². The smallest absolute Gasteiger partial charge is 0.264 e. The molecule has 3 aromatic rings. The molecule has 35 heavy (non-hydrogen) atoms. The number of hydrogen-bond acceptors (Lipinski definition) is 4. The minimum absolute atomic E-state index is 0.0402. The second kappa shape index (κ2) is 11.4. The van der Waals surface area contributed by atoms with E-state index in [1.165, 1.54) is 30.1 Å². The van der Waals surface area contributed by atoms with Crippen LogP contribution in [0.4, 0.5) is 5.69 Å². The molecule has 0 aliphatic carbocycles. The molecule has 3 aromatic carbocycles. The van der Waals surface area contributed by atoms with Gasteiger partial charge in [-0.1, -0.05) is 66.2 Å². The number of anilines is 1. The highest BCUT2D eigenvalue weighted by Gasteiger charge is 2.32. The first kappa shape index (κ1) is 26.2. The van der Waals surface area contributed by atoms with Gasteiger partial charge < -0.3 is 10.2 Å². The van der Waals surface area contributed by atoms with Gasteiger partial charge in [0, 0.05) is 18.6 Å². The van der Waals surface area contributed by atoms with Crippen LogP contribution in [0, 0.1) is 6.92 Å². The summed E-state index contributed by atoms with van der Waals surface area (Å²) in [5.74, 6) is -0.883. The van der Waals surface area contributed by atoms with Crippen molar-refractivity contribution in [2.45, 2.75) is 31.3 Å². The third-order valence-corrected chi connectivity index (χ3v) is 7.86. The molecule has 0 bridgehead atoms. The predicted octanol–water partition coefficient (Wildman–Crippen LogP) is 4.01. The largest absolute Gasteiger partial charge is 0.357 e. The van der Waals surface area contributed by atoms with Gasteiger partial charge >= 0.3 is 0 Å². The SMILES string of the molecule is CNC(=O)C(C)N(Cc1ccccc1)C(=O)CN(c1ccc(C)c(Cl)c1)S(=O)(=O)c1ccccc1. The Balaban J connectivity index is 2.04. The van der Waals surface area contributed by atoms with Crippen molar-refractivity contribution in [1.29, 1.82) is 0 Å². The first-order valence-electron chi connectivity index (χ1n) is 11.0. The fourth-order valence-corrected chi connectivity index (χ4v) is 5.16. The topological polar surface area (TPSA) is 86.8 Å². The summed E-state index contributed by atoms with van der Waals surface area (Å²) in [6.45, 7) is 3.05. The standard InChI is InChI=1S/C26H28ClN3O4S/c1-19-14-15-22(16-24(19)27)30(35(33,34)23-12-8-5-9-13-23)18-25(31)29(20(2)26(32)28-3)17-21-10-6-4-7-11-21/h4-16,20H,17-18H2,1-3H3,(H,28,32). The Morgan fingerprint density at radius 3 is 2.14 bits per heavy atom. The Bertz CT molecular complexity index is 1280. The highest BCUT2D eigenvalue weighted by molar-refractivity contribution is 7.92. The molecule has 9 heteroatoms. The molecule has 0 aliphatic heterocycles. The van der Waals surface area contributed by atoms with Gasteiger partial charge in [-0.2, -0.15) is 0 Å². The Hall–Kier alpha value is -3.36. The number of nitrogens with one attached hydrogen (secondary N) is 1. The number of sulfonamides is 1. The van der Waals surface area contributed by atoms with Gasteiger partial charge in [-0.05, 0) is 49.2 Å². The monoisotopic (exact) mass is 513 g/mol. The van der Waals surface area contributed by atoms with E-state index in [0.717, 1.165) is 15.4 Å². The lowest BCUT2D eigenvalue weighted by molar-refractivity contribution is -0.139. The molecule has 2 amide bonds. The van der Waals surface area contributed by atoms with Crippen molar-refractivity contribution in [3.8, 4) is 0 Å². The molecular weight excluding hydrogens is 486 g/mol. The fourth-order valence-electron chi connectivity index (χ4n) is 3.56. The third-order valence-electron chi connectivity index (χ3n) is 5.66. The molecule has 1 N–H and O–H groups in total. The molecule has 0 radical (unpaired) electrons. The van der Waals surface area contributed by atoms with Gasteiger partial charge in [0.1, 0.15) is 12.6 Å². The van der Waals surface area contributed by atoms with Crippen LogP contribution in [0.2, 0.25) is 5.02 Å². The summed E-state index contributed by atoms with van der Waals surface area (Å²) in [5.41, 5.74) is 1.84. The quantitative estimate of drug-likeness (QED) is 0.468. The maximum Gasteiger partial charge on any atom is 0.264 e. The lowest BCUT2D eigenvalue weighted by Gasteiger charge is -2.31. The Morgan fingerprint density at radius 1 is 0.971 bits per heavy atom. The Labute approximate surface area is 211 Å². The highest BCUT2D eigenvalue weighted by Crippen LogP contribution is 2.28. The molecule has 184 valence electrons. The number of amides is 2. The molecule has 0 saturated carbocycles. The number of halogens is 1. The number of carbonyl (C=O) groups excluding carboxylic acids is 2. The number of rotatable bonds is 9. The summed E-state index contributed by atoms with van der Waals surface area (Å²) in [6.07, 6.45) is 0. The van der Waals surface area contributed by atoms with Gasteiger partial charge in [0.15, 0.2) is 0 Å². The molecule has 1 atom stereocenters. The second-order valence-electron chi connectivity index (χ2n) is 8.06. The van der Waals surface area contributed by atoms with Gasteiger partial charge in [0.2, 0.25) is 11.8 Å². The van der Waals surface area contributed by atoms with E-state index in [-0.39, 0.29) is 23.0 Å². The first-order chi connectivity index (χ1) is 16.6. The molecule has 1 unspecified atom stereocenters. The second-order valence-corrected chi connectivity index (χ2v) is 10.3. The maximum absolute atomic E-state index is 13.6. The van der Waals surface area contributed by atoms with Crippen LogP contribution < -0.4 is 9.62 Å². The van der Waals surface area contributed by atoms with Crippen molar-refractivity contribution in [3.05, 3.63) is 95.0 Å². The number of aryl methyl sites for hydroxylation is 1. The third kappa shape index (κ3) is 6.21. The molecule has 3 rings (SSSR count). The van der Waals surface area contributed by atoms with E-state index in [0.29, 0.717) is 5.02 Å². The lowest BCUT2D eigenvalue weighted by atomic mass is 10.1. The normalized spacial score (nSPS) is 12.0. The fraction of sp³-hybridized carbons (Fsp3) is 0.231. The van der Waals surface area contributed by atoms with Crippen LogP contribution in [0.1, 0.15) is 18.1 Å². The van der Waals surface area contributed by atoms with E-state index < -0.39 is 28.5 Å². The Kier molecular flexibility index (Phi) is 8.53. The van der Waals surface area contributed by atoms with Crippen molar-refractivity contribution >= 4 is 39.1 Å². The van der Waals surface area contributed by atoms with Gasteiger partial charge in [0.25, 0.3) is 10.0 Å². The number of carbonyl (C=O) groups is 2. The van der Waals surface area contributed by atoms with Crippen LogP contribution in [0.15, 0.2) is 83.8 Å². The number of nitrogens with zero attached hydrogens (tertiary/aromatic N) is 2. The number of likely N-dealkylation sites (N-methyl/N-ethyl adjacent to an activating group) is 1. The van der Waals surface area contributed by atoms with Gasteiger partial charge in [-0.15, -0.1) is 0 Å². The average molecular weight is 514 g/mol. The van der Waals surface area contributed by atoms with E-state index in [1.807, 2.05) is 30.3 Å². The predicted molar refractivity (Wildman–Crippen MR) is 138 cm³/mol. The highest BCUT2D eigenvalue weighted by atomic mass is 35.5. The van der Waals surface area contributed by atoms with Gasteiger partial charge in [0.05, 0.1) is 10.6 Å². The van der Waals surface area contributed by atoms with Crippen molar-refractivity contribution < 1.29 is 18.0 Å². The molecular formula is C26H28ClN3O4S. The molecule has 0 fully saturated rings. The zero-order valence-corrected chi connectivity index (χ0v) is 21.4. The van der Waals surface area contributed by atoms with E-state index in [2.05, 4.69) is 5.32 Å². The molecule has 0 aromatic heterocycles. The summed E-state index contributed by atoms with van der Waals surface area (Å²) in [6, 6.07) is 21.1. The zero-order valence-electron chi connectivity index (χ0n) is 19.8. The zero-order chi connectivity index (χ0) is 25.6. The van der Waals surface area contributed by atoms with Crippen LogP contribution in [0.3, 0.4) is 0 Å². The van der Waals surface area contributed by atoms with Crippen LogP contribution >= 0.6 is 11.6 Å². The van der Waals surface area contributed by atoms with Crippen molar-refractivity contribution in [2.75, 3.05) is 17.9 Å². The molecule has 0 aliphatic rings. The number of hydrogen-bond donors (Lipinski definition) is 1. The molecule has 0 heterocycles. The van der Waals surface area contributed by atoms with E-state index in [9.17, 15) is 18.0 Å². The summed E-state index contributed by atoms with van der Waals surface area (Å²) in [5, 5.41) is 2.94. The van der Waals surface area contributed by atoms with Crippen molar-refractivity contribution in [3.63, 3.8) is 0 Å². The Morgan fingerprint density at radius 2 is 1.57 bits per heavy atom. The summed E-state index contributed by atoms with van der Waals surface area (Å²) >= 11 is 6.30. The first-order valence-corrected chi connectivity index (χ1v) is 12.9. The van der Waals surface area contributed by atoms with Crippen LogP contribution in [-0.2, 0) is 26.2 Å². The molecule has 7 nitrogen and oxygen atoms in total. The average Bonchev–Trinajstić information content (AvgIpc) is 2.87. The minimum Gasteiger partial charge on any atom is -0.357 e. The molecule has 0 spiro atoms. The number of benzene rings is 3. The summed E-state index contributed by atoms with van der Waals surface area (Å²) in [4.78, 5) is 27.5. The van der Waals surface area contributed by atoms with Crippen molar-refractivity contribution in [2.24, 2.45) is 0 Å². The van der Waals surface area contributed by atoms with E-state index in [1.54, 1.807) is 44.2 Å². The van der Waals surface area contributed by atoms with E-state index >= 15 is 0 Å². The van der Waals surface area contributed by atoms with Crippen LogP contribution in [0.25, 0.3) is 0 Å². The maximum atomic E-state index is 13.6. The summed E-state index contributed by atoms with van der Waals surface area (Å²) < 4.78 is 28.3. The van der Waals surface area contributed by atoms with Crippen LogP contribution in [-0.4, -0.2) is 44.8 Å². The molecule has 0 saturated heterocycles. The van der Waals surface area contributed by atoms with E-state index in [4.69, 9.17) is 11.6 Å².